The molecule has 5 rings (SSSR count). The molecule has 34 heavy (non-hydrogen) atoms. The molecule has 0 spiro atoms. The van der Waals surface area contributed by atoms with Crippen molar-refractivity contribution < 1.29 is 18.7 Å². The molecule has 0 aromatic heterocycles. The van der Waals surface area contributed by atoms with Crippen LogP contribution in [0.3, 0.4) is 0 Å². The molecule has 3 aromatic rings. The molecule has 1 unspecified atom stereocenters. The molecule has 0 saturated heterocycles. The molecule has 3 aromatic carbocycles. The van der Waals surface area contributed by atoms with Gasteiger partial charge >= 0.3 is 5.97 Å². The summed E-state index contributed by atoms with van der Waals surface area (Å²) in [6.07, 6.45) is 5.78. The number of hydrogen-bond donors (Lipinski definition) is 0. The van der Waals surface area contributed by atoms with E-state index < -0.39 is 0 Å². The smallest absolute Gasteiger partial charge is 0.306 e. The molecular formula is C30H31FO3. The number of hydrogen-bond acceptors (Lipinski definition) is 3. The first-order valence-corrected chi connectivity index (χ1v) is 12.2. The number of halogens is 1. The molecule has 1 saturated carbocycles. The molecule has 4 heteroatoms. The Morgan fingerprint density at radius 2 is 1.85 bits per heavy atom. The van der Waals surface area contributed by atoms with E-state index >= 15 is 0 Å². The van der Waals surface area contributed by atoms with E-state index in [9.17, 15) is 9.18 Å². The highest BCUT2D eigenvalue weighted by molar-refractivity contribution is 5.70. The predicted octanol–water partition coefficient (Wildman–Crippen LogP) is 7.31. The SMILES string of the molecule is COC(=O)C[C@@H](c1ccc2c(c1)OC(c1ccc(-c3cc(C)ccc3F)cc1)CC2)C1CCC1. The van der Waals surface area contributed by atoms with Crippen molar-refractivity contribution in [3.63, 3.8) is 0 Å². The van der Waals surface area contributed by atoms with E-state index in [0.717, 1.165) is 48.1 Å². The van der Waals surface area contributed by atoms with Gasteiger partial charge < -0.3 is 9.47 Å². The van der Waals surface area contributed by atoms with Crippen molar-refractivity contribution in [2.24, 2.45) is 5.92 Å². The van der Waals surface area contributed by atoms with Gasteiger partial charge in [-0.1, -0.05) is 54.4 Å². The molecule has 0 amide bonds. The van der Waals surface area contributed by atoms with Gasteiger partial charge in [0, 0.05) is 5.56 Å². The second-order valence-electron chi connectivity index (χ2n) is 9.70. The van der Waals surface area contributed by atoms with Gasteiger partial charge in [0.15, 0.2) is 0 Å². The Hall–Kier alpha value is -3.14. The minimum Gasteiger partial charge on any atom is -0.485 e. The topological polar surface area (TPSA) is 35.5 Å². The Kier molecular flexibility index (Phi) is 6.40. The molecule has 1 fully saturated rings. The summed E-state index contributed by atoms with van der Waals surface area (Å²) in [5, 5.41) is 0. The lowest BCUT2D eigenvalue weighted by Gasteiger charge is -2.34. The number of aryl methyl sites for hydroxylation is 2. The second kappa shape index (κ2) is 9.61. The third-order valence-corrected chi connectivity index (χ3v) is 7.51. The molecular weight excluding hydrogens is 427 g/mol. The summed E-state index contributed by atoms with van der Waals surface area (Å²) in [5.41, 5.74) is 6.01. The molecule has 0 bridgehead atoms. The van der Waals surface area contributed by atoms with Gasteiger partial charge in [0.25, 0.3) is 0 Å². The number of carbonyl (C=O) groups is 1. The van der Waals surface area contributed by atoms with Crippen LogP contribution in [0.4, 0.5) is 4.39 Å². The predicted molar refractivity (Wildman–Crippen MR) is 131 cm³/mol. The zero-order valence-electron chi connectivity index (χ0n) is 19.9. The summed E-state index contributed by atoms with van der Waals surface area (Å²) in [4.78, 5) is 12.1. The normalized spacial score (nSPS) is 18.4. The highest BCUT2D eigenvalue weighted by Crippen LogP contribution is 2.44. The third kappa shape index (κ3) is 4.59. The van der Waals surface area contributed by atoms with Gasteiger partial charge in [0.1, 0.15) is 17.7 Å². The molecule has 1 aliphatic carbocycles. The van der Waals surface area contributed by atoms with Crippen molar-refractivity contribution >= 4 is 5.97 Å². The van der Waals surface area contributed by atoms with Gasteiger partial charge in [-0.05, 0) is 84.9 Å². The first-order valence-electron chi connectivity index (χ1n) is 12.2. The van der Waals surface area contributed by atoms with Gasteiger partial charge in [0.05, 0.1) is 13.5 Å². The number of benzene rings is 3. The first kappa shape index (κ1) is 22.6. The van der Waals surface area contributed by atoms with Gasteiger partial charge in [-0.3, -0.25) is 4.79 Å². The van der Waals surface area contributed by atoms with E-state index in [1.54, 1.807) is 6.07 Å². The molecule has 1 heterocycles. The maximum absolute atomic E-state index is 14.3. The van der Waals surface area contributed by atoms with Crippen LogP contribution in [0, 0.1) is 18.7 Å². The lowest BCUT2D eigenvalue weighted by Crippen LogP contribution is -2.24. The largest absolute Gasteiger partial charge is 0.485 e. The van der Waals surface area contributed by atoms with Crippen LogP contribution in [0.25, 0.3) is 11.1 Å². The monoisotopic (exact) mass is 458 g/mol. The third-order valence-electron chi connectivity index (χ3n) is 7.51. The number of carbonyl (C=O) groups excluding carboxylic acids is 1. The van der Waals surface area contributed by atoms with Crippen molar-refractivity contribution in [2.75, 3.05) is 7.11 Å². The average Bonchev–Trinajstić information content (AvgIpc) is 2.83. The van der Waals surface area contributed by atoms with Crippen LogP contribution in [0.15, 0.2) is 60.7 Å². The average molecular weight is 459 g/mol. The molecule has 0 radical (unpaired) electrons. The van der Waals surface area contributed by atoms with Gasteiger partial charge in [0.2, 0.25) is 0 Å². The van der Waals surface area contributed by atoms with E-state index in [-0.39, 0.29) is 23.8 Å². The van der Waals surface area contributed by atoms with Crippen LogP contribution in [-0.2, 0) is 16.0 Å². The van der Waals surface area contributed by atoms with E-state index in [1.807, 2.05) is 37.3 Å². The second-order valence-corrected chi connectivity index (χ2v) is 9.70. The van der Waals surface area contributed by atoms with Gasteiger partial charge in [-0.2, -0.15) is 0 Å². The highest BCUT2D eigenvalue weighted by atomic mass is 19.1. The summed E-state index contributed by atoms with van der Waals surface area (Å²) >= 11 is 0. The molecule has 3 nitrogen and oxygen atoms in total. The summed E-state index contributed by atoms with van der Waals surface area (Å²) < 4.78 is 25.8. The Balaban J connectivity index is 1.36. The van der Waals surface area contributed by atoms with Crippen molar-refractivity contribution in [3.05, 3.63) is 88.7 Å². The van der Waals surface area contributed by atoms with Crippen LogP contribution in [0.1, 0.15) is 66.4 Å². The fourth-order valence-electron chi connectivity index (χ4n) is 5.25. The zero-order chi connectivity index (χ0) is 23.7. The highest BCUT2D eigenvalue weighted by Gasteiger charge is 2.32. The molecule has 0 N–H and O–H groups in total. The first-order chi connectivity index (χ1) is 16.5. The lowest BCUT2D eigenvalue weighted by atomic mass is 9.71. The van der Waals surface area contributed by atoms with E-state index in [1.165, 1.54) is 30.7 Å². The number of rotatable bonds is 6. The Labute approximate surface area is 200 Å². The van der Waals surface area contributed by atoms with Crippen LogP contribution >= 0.6 is 0 Å². The Morgan fingerprint density at radius 3 is 2.56 bits per heavy atom. The standard InChI is InChI=1S/C30H31FO3/c1-19-6-14-27(31)26(16-19)21-7-9-22(10-8-21)28-15-13-23-11-12-24(17-29(23)34-28)25(18-30(32)33-2)20-4-3-5-20/h6-12,14,16-17,20,25,28H,3-5,13,15,18H2,1-2H3/t25-,28?/m1/s1. The Bertz CT molecular complexity index is 1180. The molecule has 2 atom stereocenters. The minimum atomic E-state index is -0.207. The number of esters is 1. The fourth-order valence-corrected chi connectivity index (χ4v) is 5.25. The summed E-state index contributed by atoms with van der Waals surface area (Å²) in [5.74, 6) is 1.27. The maximum Gasteiger partial charge on any atom is 0.306 e. The van der Waals surface area contributed by atoms with Crippen molar-refractivity contribution in [3.8, 4) is 16.9 Å². The Morgan fingerprint density at radius 1 is 1.06 bits per heavy atom. The van der Waals surface area contributed by atoms with E-state index in [2.05, 4.69) is 18.2 Å². The van der Waals surface area contributed by atoms with Crippen LogP contribution in [0.2, 0.25) is 0 Å². The molecule has 1 aliphatic heterocycles. The molecule has 2 aliphatic rings. The summed E-state index contributed by atoms with van der Waals surface area (Å²) in [6.45, 7) is 1.97. The quantitative estimate of drug-likeness (QED) is 0.363. The van der Waals surface area contributed by atoms with Gasteiger partial charge in [-0.15, -0.1) is 0 Å². The van der Waals surface area contributed by atoms with Crippen molar-refractivity contribution in [1.82, 2.24) is 0 Å². The number of ether oxygens (including phenoxy) is 2. The minimum absolute atomic E-state index is 0.0399. The zero-order valence-corrected chi connectivity index (χ0v) is 19.9. The maximum atomic E-state index is 14.3. The fraction of sp³-hybridized carbons (Fsp3) is 0.367. The summed E-state index contributed by atoms with van der Waals surface area (Å²) in [7, 11) is 1.46. The number of fused-ring (bicyclic) bond motifs is 1. The lowest BCUT2D eigenvalue weighted by molar-refractivity contribution is -0.141. The van der Waals surface area contributed by atoms with Crippen LogP contribution in [0.5, 0.6) is 5.75 Å². The molecule has 176 valence electrons. The summed E-state index contributed by atoms with van der Waals surface area (Å²) in [6, 6.07) is 19.7. The van der Waals surface area contributed by atoms with E-state index in [4.69, 9.17) is 9.47 Å². The van der Waals surface area contributed by atoms with Gasteiger partial charge in [-0.25, -0.2) is 4.39 Å². The van der Waals surface area contributed by atoms with Crippen molar-refractivity contribution in [1.29, 1.82) is 0 Å². The van der Waals surface area contributed by atoms with E-state index in [0.29, 0.717) is 17.9 Å². The van der Waals surface area contributed by atoms with Crippen LogP contribution in [-0.4, -0.2) is 13.1 Å². The van der Waals surface area contributed by atoms with Crippen molar-refractivity contribution in [2.45, 2.75) is 57.5 Å². The van der Waals surface area contributed by atoms with Crippen LogP contribution < -0.4 is 4.74 Å². The number of methoxy groups -OCH3 is 1.